The predicted octanol–water partition coefficient (Wildman–Crippen LogP) is 5.72. The predicted molar refractivity (Wildman–Crippen MR) is 105 cm³/mol. The maximum atomic E-state index is 2.61. The van der Waals surface area contributed by atoms with Crippen LogP contribution in [-0.2, 0) is 0 Å². The lowest BCUT2D eigenvalue weighted by atomic mass is 9.99. The molecule has 0 bridgehead atoms. The zero-order chi connectivity index (χ0) is 16.2. The molecule has 0 spiro atoms. The van der Waals surface area contributed by atoms with Gasteiger partial charge in [-0.3, -0.25) is 0 Å². The van der Waals surface area contributed by atoms with Gasteiger partial charge in [-0.05, 0) is 23.3 Å². The van der Waals surface area contributed by atoms with E-state index in [0.29, 0.717) is 12.1 Å². The molecule has 1 aliphatic rings. The van der Waals surface area contributed by atoms with Gasteiger partial charge in [0.1, 0.15) is 0 Å². The number of para-hydroxylation sites is 1. The van der Waals surface area contributed by atoms with Crippen LogP contribution in [-0.4, -0.2) is 11.5 Å². The molecule has 0 saturated carbocycles. The first-order valence-electron chi connectivity index (χ1n) is 8.44. The van der Waals surface area contributed by atoms with Crippen molar-refractivity contribution in [1.82, 2.24) is 0 Å². The van der Waals surface area contributed by atoms with Gasteiger partial charge in [-0.2, -0.15) is 11.8 Å². The Kier molecular flexibility index (Phi) is 4.57. The van der Waals surface area contributed by atoms with Crippen LogP contribution in [0.4, 0.5) is 5.69 Å². The van der Waals surface area contributed by atoms with Gasteiger partial charge in [-0.1, -0.05) is 78.9 Å². The number of nitrogens with zero attached hydrogens (tertiary/aromatic N) is 1. The standard InChI is InChI=1S/C22H21NS/c1-4-10-18(11-5-1)21-16-24-17-22(19-12-6-2-7-13-19)23(21)20-14-8-3-9-15-20/h1-15,21-22H,16-17H2/t21-,22-/m0/s1. The molecule has 1 heterocycles. The van der Waals surface area contributed by atoms with E-state index in [2.05, 4.69) is 108 Å². The number of rotatable bonds is 3. The van der Waals surface area contributed by atoms with Crippen molar-refractivity contribution in [3.8, 4) is 0 Å². The second-order valence-electron chi connectivity index (χ2n) is 6.13. The summed E-state index contributed by atoms with van der Waals surface area (Å²) < 4.78 is 0. The molecule has 0 N–H and O–H groups in total. The van der Waals surface area contributed by atoms with Gasteiger partial charge in [0.15, 0.2) is 0 Å². The molecule has 1 saturated heterocycles. The van der Waals surface area contributed by atoms with Crippen LogP contribution in [0.2, 0.25) is 0 Å². The lowest BCUT2D eigenvalue weighted by Gasteiger charge is -2.44. The van der Waals surface area contributed by atoms with E-state index in [1.165, 1.54) is 16.8 Å². The molecule has 0 unspecified atom stereocenters. The highest BCUT2D eigenvalue weighted by atomic mass is 32.2. The lowest BCUT2D eigenvalue weighted by Crippen LogP contribution is -2.39. The third kappa shape index (κ3) is 3.07. The molecule has 0 aromatic heterocycles. The van der Waals surface area contributed by atoms with Crippen molar-refractivity contribution in [2.75, 3.05) is 16.4 Å². The molecule has 4 rings (SSSR count). The van der Waals surface area contributed by atoms with E-state index < -0.39 is 0 Å². The fraction of sp³-hybridized carbons (Fsp3) is 0.182. The van der Waals surface area contributed by atoms with Gasteiger partial charge in [0.25, 0.3) is 0 Å². The maximum Gasteiger partial charge on any atom is 0.0639 e. The lowest BCUT2D eigenvalue weighted by molar-refractivity contribution is 0.582. The number of hydrogen-bond acceptors (Lipinski definition) is 2. The molecule has 24 heavy (non-hydrogen) atoms. The van der Waals surface area contributed by atoms with Crippen LogP contribution in [0.25, 0.3) is 0 Å². The van der Waals surface area contributed by atoms with Crippen LogP contribution < -0.4 is 4.90 Å². The first-order valence-corrected chi connectivity index (χ1v) is 9.60. The quantitative estimate of drug-likeness (QED) is 0.603. The maximum absolute atomic E-state index is 2.61. The summed E-state index contributed by atoms with van der Waals surface area (Å²) in [5.74, 6) is 2.25. The smallest absolute Gasteiger partial charge is 0.0639 e. The van der Waals surface area contributed by atoms with E-state index in [4.69, 9.17) is 0 Å². The molecular formula is C22H21NS. The zero-order valence-electron chi connectivity index (χ0n) is 13.6. The SMILES string of the molecule is c1ccc([C@@H]2CSC[C@@H](c3ccccc3)N2c2ccccc2)cc1. The van der Waals surface area contributed by atoms with Crippen molar-refractivity contribution in [3.05, 3.63) is 102 Å². The van der Waals surface area contributed by atoms with Crippen molar-refractivity contribution in [2.45, 2.75) is 12.1 Å². The van der Waals surface area contributed by atoms with E-state index in [1.54, 1.807) is 0 Å². The summed E-state index contributed by atoms with van der Waals surface area (Å²) in [6.07, 6.45) is 0. The highest BCUT2D eigenvalue weighted by molar-refractivity contribution is 7.99. The topological polar surface area (TPSA) is 3.24 Å². The highest BCUT2D eigenvalue weighted by Crippen LogP contribution is 2.43. The number of hydrogen-bond donors (Lipinski definition) is 0. The van der Waals surface area contributed by atoms with E-state index in [-0.39, 0.29) is 0 Å². The summed E-state index contributed by atoms with van der Waals surface area (Å²) in [5, 5.41) is 0. The zero-order valence-corrected chi connectivity index (χ0v) is 14.4. The summed E-state index contributed by atoms with van der Waals surface area (Å²) >= 11 is 2.06. The fourth-order valence-corrected chi connectivity index (χ4v) is 4.78. The van der Waals surface area contributed by atoms with E-state index in [0.717, 1.165) is 11.5 Å². The van der Waals surface area contributed by atoms with Crippen LogP contribution in [0, 0.1) is 0 Å². The molecule has 120 valence electrons. The van der Waals surface area contributed by atoms with Gasteiger partial charge in [-0.25, -0.2) is 0 Å². The van der Waals surface area contributed by atoms with E-state index in [1.807, 2.05) is 0 Å². The summed E-state index contributed by atoms with van der Waals surface area (Å²) in [4.78, 5) is 2.61. The summed E-state index contributed by atoms with van der Waals surface area (Å²) in [5.41, 5.74) is 4.10. The van der Waals surface area contributed by atoms with Crippen LogP contribution in [0.5, 0.6) is 0 Å². The number of benzene rings is 3. The van der Waals surface area contributed by atoms with Crippen molar-refractivity contribution in [1.29, 1.82) is 0 Å². The van der Waals surface area contributed by atoms with Gasteiger partial charge in [0.2, 0.25) is 0 Å². The van der Waals surface area contributed by atoms with Crippen molar-refractivity contribution >= 4 is 17.4 Å². The van der Waals surface area contributed by atoms with Crippen molar-refractivity contribution < 1.29 is 0 Å². The second kappa shape index (κ2) is 7.14. The molecule has 2 heteroatoms. The molecule has 3 aromatic carbocycles. The fourth-order valence-electron chi connectivity index (χ4n) is 3.49. The Labute approximate surface area is 148 Å². The normalized spacial score (nSPS) is 20.8. The Balaban J connectivity index is 1.79. The van der Waals surface area contributed by atoms with Crippen LogP contribution >= 0.6 is 11.8 Å². The van der Waals surface area contributed by atoms with Crippen molar-refractivity contribution in [3.63, 3.8) is 0 Å². The van der Waals surface area contributed by atoms with E-state index in [9.17, 15) is 0 Å². The summed E-state index contributed by atoms with van der Waals surface area (Å²) in [6.45, 7) is 0. The molecule has 0 amide bonds. The molecular weight excluding hydrogens is 310 g/mol. The highest BCUT2D eigenvalue weighted by Gasteiger charge is 2.32. The van der Waals surface area contributed by atoms with Crippen LogP contribution in [0.1, 0.15) is 23.2 Å². The van der Waals surface area contributed by atoms with Gasteiger partial charge < -0.3 is 4.90 Å². The Morgan fingerprint density at radius 1 is 0.583 bits per heavy atom. The Hall–Kier alpha value is -2.19. The minimum Gasteiger partial charge on any atom is -0.356 e. The number of anilines is 1. The minimum atomic E-state index is 0.401. The monoisotopic (exact) mass is 331 g/mol. The van der Waals surface area contributed by atoms with Crippen LogP contribution in [0.3, 0.4) is 0 Å². The minimum absolute atomic E-state index is 0.401. The number of thioether (sulfide) groups is 1. The van der Waals surface area contributed by atoms with Crippen LogP contribution in [0.15, 0.2) is 91.0 Å². The first kappa shape index (κ1) is 15.3. The molecule has 1 aliphatic heterocycles. The molecule has 2 atom stereocenters. The van der Waals surface area contributed by atoms with Gasteiger partial charge in [0.05, 0.1) is 12.1 Å². The van der Waals surface area contributed by atoms with Crippen molar-refractivity contribution in [2.24, 2.45) is 0 Å². The summed E-state index contributed by atoms with van der Waals surface area (Å²) in [6, 6.07) is 33.5. The van der Waals surface area contributed by atoms with Gasteiger partial charge >= 0.3 is 0 Å². The molecule has 1 fully saturated rings. The largest absolute Gasteiger partial charge is 0.356 e. The average molecular weight is 331 g/mol. The van der Waals surface area contributed by atoms with Gasteiger partial charge in [0, 0.05) is 17.2 Å². The Morgan fingerprint density at radius 3 is 1.46 bits per heavy atom. The second-order valence-corrected chi connectivity index (χ2v) is 7.21. The Bertz CT molecular complexity index is 710. The average Bonchev–Trinajstić information content (AvgIpc) is 2.69. The third-order valence-electron chi connectivity index (χ3n) is 4.65. The first-order chi connectivity index (χ1) is 11.9. The Morgan fingerprint density at radius 2 is 1.00 bits per heavy atom. The van der Waals surface area contributed by atoms with Gasteiger partial charge in [-0.15, -0.1) is 0 Å². The van der Waals surface area contributed by atoms with E-state index >= 15 is 0 Å². The summed E-state index contributed by atoms with van der Waals surface area (Å²) in [7, 11) is 0. The molecule has 3 aromatic rings. The molecule has 0 radical (unpaired) electrons. The molecule has 0 aliphatic carbocycles. The molecule has 1 nitrogen and oxygen atoms in total. The third-order valence-corrected chi connectivity index (χ3v) is 5.75.